The number of halogens is 2. The van der Waals surface area contributed by atoms with Crippen molar-refractivity contribution >= 4 is 12.2 Å². The van der Waals surface area contributed by atoms with Crippen molar-refractivity contribution in [3.05, 3.63) is 29.3 Å². The third kappa shape index (κ3) is 4.93. The van der Waals surface area contributed by atoms with Crippen LogP contribution in [0.4, 0.5) is 8.78 Å². The Balaban J connectivity index is 2.49. The predicted molar refractivity (Wildman–Crippen MR) is 66.7 cm³/mol. The standard InChI is InChI=1S/C13H15F2NO4/c1-19-4-2-3-16-12(18)8-20-13-10(14)5-9(7-17)6-11(13)15/h5-7H,2-4,8H2,1H3,(H,16,18). The van der Waals surface area contributed by atoms with Gasteiger partial charge in [0.05, 0.1) is 0 Å². The van der Waals surface area contributed by atoms with Crippen LogP contribution in [0.25, 0.3) is 0 Å². The van der Waals surface area contributed by atoms with Crippen molar-refractivity contribution in [1.82, 2.24) is 5.32 Å². The topological polar surface area (TPSA) is 64.6 Å². The second kappa shape index (κ2) is 8.21. The summed E-state index contributed by atoms with van der Waals surface area (Å²) in [4.78, 5) is 21.8. The van der Waals surface area contributed by atoms with Crippen molar-refractivity contribution in [2.24, 2.45) is 0 Å². The first-order valence-corrected chi connectivity index (χ1v) is 5.91. The van der Waals surface area contributed by atoms with Crippen LogP contribution >= 0.6 is 0 Å². The van der Waals surface area contributed by atoms with E-state index in [1.807, 2.05) is 0 Å². The minimum Gasteiger partial charge on any atom is -0.478 e. The summed E-state index contributed by atoms with van der Waals surface area (Å²) in [5.74, 6) is -3.24. The van der Waals surface area contributed by atoms with Gasteiger partial charge in [0, 0.05) is 25.8 Å². The number of hydrogen-bond acceptors (Lipinski definition) is 4. The van der Waals surface area contributed by atoms with Crippen LogP contribution in [-0.2, 0) is 9.53 Å². The zero-order chi connectivity index (χ0) is 15.0. The van der Waals surface area contributed by atoms with Crippen LogP contribution in [0.5, 0.6) is 5.75 Å². The number of hydrogen-bond donors (Lipinski definition) is 1. The lowest BCUT2D eigenvalue weighted by atomic mass is 10.2. The predicted octanol–water partition coefficient (Wildman–Crippen LogP) is 1.31. The van der Waals surface area contributed by atoms with E-state index in [0.29, 0.717) is 25.9 Å². The summed E-state index contributed by atoms with van der Waals surface area (Å²) in [5.41, 5.74) is -0.142. The molecule has 0 radical (unpaired) electrons. The van der Waals surface area contributed by atoms with Gasteiger partial charge in [-0.15, -0.1) is 0 Å². The van der Waals surface area contributed by atoms with E-state index < -0.39 is 29.9 Å². The van der Waals surface area contributed by atoms with E-state index in [1.165, 1.54) is 0 Å². The monoisotopic (exact) mass is 287 g/mol. The van der Waals surface area contributed by atoms with Crippen LogP contribution in [0, 0.1) is 11.6 Å². The number of nitrogens with one attached hydrogen (secondary N) is 1. The summed E-state index contributed by atoms with van der Waals surface area (Å²) in [7, 11) is 1.54. The Morgan fingerprint density at radius 2 is 2.00 bits per heavy atom. The highest BCUT2D eigenvalue weighted by Gasteiger charge is 2.14. The Hall–Kier alpha value is -2.02. The summed E-state index contributed by atoms with van der Waals surface area (Å²) in [5, 5.41) is 2.50. The molecule has 1 aromatic rings. The van der Waals surface area contributed by atoms with Crippen LogP contribution in [-0.4, -0.2) is 39.1 Å². The first-order chi connectivity index (χ1) is 9.58. The molecule has 1 amide bonds. The van der Waals surface area contributed by atoms with Gasteiger partial charge in [0.25, 0.3) is 5.91 Å². The Morgan fingerprint density at radius 3 is 2.55 bits per heavy atom. The maximum absolute atomic E-state index is 13.4. The lowest BCUT2D eigenvalue weighted by molar-refractivity contribution is -0.123. The molecular weight excluding hydrogens is 272 g/mol. The second-order valence-corrected chi connectivity index (χ2v) is 3.92. The molecular formula is C13H15F2NO4. The summed E-state index contributed by atoms with van der Waals surface area (Å²) in [6, 6.07) is 1.67. The van der Waals surface area contributed by atoms with Crippen molar-refractivity contribution in [2.75, 3.05) is 26.9 Å². The average Bonchev–Trinajstić information content (AvgIpc) is 2.42. The summed E-state index contributed by atoms with van der Waals surface area (Å²) in [6.07, 6.45) is 0.942. The second-order valence-electron chi connectivity index (χ2n) is 3.92. The van der Waals surface area contributed by atoms with Gasteiger partial charge in [-0.1, -0.05) is 0 Å². The van der Waals surface area contributed by atoms with Gasteiger partial charge < -0.3 is 14.8 Å². The fourth-order valence-corrected chi connectivity index (χ4v) is 1.42. The molecule has 110 valence electrons. The number of rotatable bonds is 8. The summed E-state index contributed by atoms with van der Waals surface area (Å²) in [6.45, 7) is 0.365. The Labute approximate surface area is 114 Å². The zero-order valence-corrected chi connectivity index (χ0v) is 10.9. The number of carbonyl (C=O) groups excluding carboxylic acids is 2. The van der Waals surface area contributed by atoms with Crippen LogP contribution in [0.2, 0.25) is 0 Å². The van der Waals surface area contributed by atoms with Crippen molar-refractivity contribution in [2.45, 2.75) is 6.42 Å². The zero-order valence-electron chi connectivity index (χ0n) is 10.9. The third-order valence-corrected chi connectivity index (χ3v) is 2.35. The molecule has 0 aliphatic rings. The van der Waals surface area contributed by atoms with Gasteiger partial charge >= 0.3 is 0 Å². The number of aldehydes is 1. The Kier molecular flexibility index (Phi) is 6.58. The van der Waals surface area contributed by atoms with Crippen LogP contribution < -0.4 is 10.1 Å². The van der Waals surface area contributed by atoms with Crippen LogP contribution in [0.3, 0.4) is 0 Å². The molecule has 0 aliphatic heterocycles. The molecule has 1 aromatic carbocycles. The average molecular weight is 287 g/mol. The van der Waals surface area contributed by atoms with Gasteiger partial charge in [0.2, 0.25) is 0 Å². The van der Waals surface area contributed by atoms with Crippen LogP contribution in [0.1, 0.15) is 16.8 Å². The molecule has 20 heavy (non-hydrogen) atoms. The van der Waals surface area contributed by atoms with E-state index in [4.69, 9.17) is 9.47 Å². The molecule has 0 fully saturated rings. The first-order valence-electron chi connectivity index (χ1n) is 5.91. The Bertz CT molecular complexity index is 456. The van der Waals surface area contributed by atoms with E-state index in [9.17, 15) is 18.4 Å². The van der Waals surface area contributed by atoms with Gasteiger partial charge in [0.15, 0.2) is 24.0 Å². The van der Waals surface area contributed by atoms with Crippen LogP contribution in [0.15, 0.2) is 12.1 Å². The normalized spacial score (nSPS) is 10.2. The minimum absolute atomic E-state index is 0.142. The van der Waals surface area contributed by atoms with Gasteiger partial charge in [-0.05, 0) is 18.6 Å². The van der Waals surface area contributed by atoms with Crippen molar-refractivity contribution in [1.29, 1.82) is 0 Å². The fraction of sp³-hybridized carbons (Fsp3) is 0.385. The molecule has 0 aliphatic carbocycles. The molecule has 0 heterocycles. The van der Waals surface area contributed by atoms with Gasteiger partial charge in [-0.3, -0.25) is 9.59 Å². The lowest BCUT2D eigenvalue weighted by Gasteiger charge is -2.09. The van der Waals surface area contributed by atoms with Gasteiger partial charge in [-0.25, -0.2) is 8.78 Å². The molecule has 0 bridgehead atoms. The largest absolute Gasteiger partial charge is 0.478 e. The first kappa shape index (κ1) is 16.0. The molecule has 1 N–H and O–H groups in total. The molecule has 0 aromatic heterocycles. The molecule has 5 nitrogen and oxygen atoms in total. The van der Waals surface area contributed by atoms with E-state index in [1.54, 1.807) is 7.11 Å². The Morgan fingerprint density at radius 1 is 1.35 bits per heavy atom. The van der Waals surface area contributed by atoms with E-state index in [2.05, 4.69) is 5.32 Å². The van der Waals surface area contributed by atoms with Gasteiger partial charge in [0.1, 0.15) is 6.29 Å². The quantitative estimate of drug-likeness (QED) is 0.578. The number of amides is 1. The van der Waals surface area contributed by atoms with E-state index in [0.717, 1.165) is 12.1 Å². The highest BCUT2D eigenvalue weighted by Crippen LogP contribution is 2.22. The van der Waals surface area contributed by atoms with Crippen molar-refractivity contribution in [3.8, 4) is 5.75 Å². The van der Waals surface area contributed by atoms with E-state index >= 15 is 0 Å². The van der Waals surface area contributed by atoms with Crippen molar-refractivity contribution < 1.29 is 27.8 Å². The number of methoxy groups -OCH3 is 1. The summed E-state index contributed by atoms with van der Waals surface area (Å²) < 4.78 is 36.4. The number of carbonyl (C=O) groups is 2. The summed E-state index contributed by atoms with van der Waals surface area (Å²) >= 11 is 0. The maximum atomic E-state index is 13.4. The van der Waals surface area contributed by atoms with Gasteiger partial charge in [-0.2, -0.15) is 0 Å². The lowest BCUT2D eigenvalue weighted by Crippen LogP contribution is -2.30. The molecule has 0 saturated heterocycles. The SMILES string of the molecule is COCCCNC(=O)COc1c(F)cc(C=O)cc1F. The third-order valence-electron chi connectivity index (χ3n) is 2.35. The van der Waals surface area contributed by atoms with E-state index in [-0.39, 0.29) is 5.56 Å². The molecule has 0 atom stereocenters. The molecule has 0 unspecified atom stereocenters. The fourth-order valence-electron chi connectivity index (χ4n) is 1.42. The molecule has 7 heteroatoms. The maximum Gasteiger partial charge on any atom is 0.257 e. The minimum atomic E-state index is -1.03. The van der Waals surface area contributed by atoms with Crippen molar-refractivity contribution in [3.63, 3.8) is 0 Å². The molecule has 0 spiro atoms. The molecule has 0 saturated carbocycles. The number of benzene rings is 1. The molecule has 1 rings (SSSR count). The highest BCUT2D eigenvalue weighted by atomic mass is 19.1. The smallest absolute Gasteiger partial charge is 0.257 e. The number of ether oxygens (including phenoxy) is 2. The highest BCUT2D eigenvalue weighted by molar-refractivity contribution is 5.77.